The van der Waals surface area contributed by atoms with Crippen molar-refractivity contribution in [2.24, 2.45) is 0 Å². The number of fused-ring (bicyclic) bond motifs is 1. The van der Waals surface area contributed by atoms with Gasteiger partial charge in [-0.15, -0.1) is 0 Å². The van der Waals surface area contributed by atoms with Crippen molar-refractivity contribution in [2.45, 2.75) is 37.8 Å². The Balaban J connectivity index is 1.14. The van der Waals surface area contributed by atoms with Gasteiger partial charge < -0.3 is 18.9 Å². The summed E-state index contributed by atoms with van der Waals surface area (Å²) in [5.74, 6) is 0.783. The molecule has 3 fully saturated rings. The first-order chi connectivity index (χ1) is 13.3. The molecule has 1 aliphatic carbocycles. The Morgan fingerprint density at radius 2 is 1.93 bits per heavy atom. The Bertz CT molecular complexity index is 812. The van der Waals surface area contributed by atoms with Gasteiger partial charge in [0.15, 0.2) is 11.4 Å². The van der Waals surface area contributed by atoms with Gasteiger partial charge in [0, 0.05) is 50.8 Å². The number of carbonyl (C=O) groups is 1. The molecule has 0 spiro atoms. The van der Waals surface area contributed by atoms with Crippen LogP contribution >= 0.6 is 0 Å². The van der Waals surface area contributed by atoms with E-state index in [0.29, 0.717) is 13.1 Å². The van der Waals surface area contributed by atoms with Crippen LogP contribution in [0.2, 0.25) is 0 Å². The zero-order valence-electron chi connectivity index (χ0n) is 15.7. The highest BCUT2D eigenvalue weighted by atomic mass is 16.5. The lowest BCUT2D eigenvalue weighted by molar-refractivity contribution is 0.0314. The molecule has 0 radical (unpaired) electrons. The van der Waals surface area contributed by atoms with Crippen molar-refractivity contribution in [3.05, 3.63) is 30.7 Å². The van der Waals surface area contributed by atoms with Gasteiger partial charge in [-0.3, -0.25) is 4.90 Å². The summed E-state index contributed by atoms with van der Waals surface area (Å²) in [6.07, 6.45) is 10.8. The molecule has 0 N–H and O–H groups in total. The zero-order chi connectivity index (χ0) is 18.2. The topological polar surface area (TPSA) is 53.3 Å². The smallest absolute Gasteiger partial charge is 0.320 e. The molecule has 4 heterocycles. The molecule has 3 aliphatic rings. The van der Waals surface area contributed by atoms with Gasteiger partial charge in [0.1, 0.15) is 6.10 Å². The second-order valence-electron chi connectivity index (χ2n) is 7.92. The van der Waals surface area contributed by atoms with Gasteiger partial charge in [0.05, 0.1) is 13.1 Å². The van der Waals surface area contributed by atoms with E-state index in [-0.39, 0.29) is 12.1 Å². The molecule has 144 valence electrons. The molecule has 0 bridgehead atoms. The summed E-state index contributed by atoms with van der Waals surface area (Å²) in [6.45, 7) is 5.19. The zero-order valence-corrected chi connectivity index (χ0v) is 15.7. The van der Waals surface area contributed by atoms with Crippen molar-refractivity contribution >= 4 is 11.7 Å². The van der Waals surface area contributed by atoms with E-state index in [0.717, 1.165) is 50.0 Å². The quantitative estimate of drug-likeness (QED) is 0.831. The molecule has 7 nitrogen and oxygen atoms in total. The Morgan fingerprint density at radius 3 is 2.74 bits per heavy atom. The molecule has 2 saturated heterocycles. The molecule has 5 rings (SSSR count). The van der Waals surface area contributed by atoms with Gasteiger partial charge in [-0.25, -0.2) is 9.78 Å². The summed E-state index contributed by atoms with van der Waals surface area (Å²) in [7, 11) is 0. The first-order valence-corrected chi connectivity index (χ1v) is 10.1. The maximum Gasteiger partial charge on any atom is 0.320 e. The molecular weight excluding hydrogens is 342 g/mol. The van der Waals surface area contributed by atoms with Crippen LogP contribution < -0.4 is 4.74 Å². The van der Waals surface area contributed by atoms with Gasteiger partial charge in [0.25, 0.3) is 0 Å². The lowest BCUT2D eigenvalue weighted by Gasteiger charge is -2.41. The molecule has 0 atom stereocenters. The number of aromatic nitrogens is 2. The van der Waals surface area contributed by atoms with Gasteiger partial charge in [-0.05, 0) is 31.4 Å². The molecule has 2 aliphatic heterocycles. The second-order valence-corrected chi connectivity index (χ2v) is 7.92. The van der Waals surface area contributed by atoms with Crippen LogP contribution in [0, 0.1) is 0 Å². The fourth-order valence-electron chi connectivity index (χ4n) is 4.31. The van der Waals surface area contributed by atoms with Crippen LogP contribution in [-0.2, 0) is 0 Å². The van der Waals surface area contributed by atoms with E-state index >= 15 is 0 Å². The van der Waals surface area contributed by atoms with Crippen LogP contribution in [0.4, 0.5) is 4.79 Å². The van der Waals surface area contributed by atoms with Crippen molar-refractivity contribution in [1.82, 2.24) is 24.1 Å². The molecule has 2 aromatic heterocycles. The fraction of sp³-hybridized carbons (Fsp3) is 0.600. The lowest BCUT2D eigenvalue weighted by atomic mass is 9.91. The van der Waals surface area contributed by atoms with Crippen molar-refractivity contribution in [2.75, 3.05) is 39.3 Å². The minimum Gasteiger partial charge on any atom is -0.483 e. The summed E-state index contributed by atoms with van der Waals surface area (Å²) < 4.78 is 8.03. The molecular formula is C20H27N5O2. The molecule has 0 unspecified atom stereocenters. The second kappa shape index (κ2) is 7.03. The van der Waals surface area contributed by atoms with Crippen LogP contribution in [-0.4, -0.2) is 81.5 Å². The van der Waals surface area contributed by atoms with E-state index in [9.17, 15) is 4.79 Å². The average molecular weight is 369 g/mol. The third-order valence-electron chi connectivity index (χ3n) is 6.19. The highest BCUT2D eigenvalue weighted by Gasteiger charge is 2.36. The van der Waals surface area contributed by atoms with Crippen LogP contribution in [0.15, 0.2) is 30.7 Å². The normalized spacial score (nSPS) is 22.4. The maximum atomic E-state index is 12.8. The highest BCUT2D eigenvalue weighted by molar-refractivity contribution is 5.75. The summed E-state index contributed by atoms with van der Waals surface area (Å²) in [5, 5.41) is 0. The Labute approximate surface area is 159 Å². The largest absolute Gasteiger partial charge is 0.483 e. The number of imidazole rings is 1. The Kier molecular flexibility index (Phi) is 4.39. The number of likely N-dealkylation sites (tertiary alicyclic amines) is 1. The number of urea groups is 1. The van der Waals surface area contributed by atoms with Gasteiger partial charge in [0.2, 0.25) is 0 Å². The predicted molar refractivity (Wildman–Crippen MR) is 102 cm³/mol. The number of nitrogens with zero attached hydrogens (tertiary/aromatic N) is 5. The summed E-state index contributed by atoms with van der Waals surface area (Å²) in [6, 6.07) is 4.84. The molecule has 7 heteroatoms. The van der Waals surface area contributed by atoms with E-state index in [1.807, 2.05) is 38.7 Å². The number of pyridine rings is 1. The number of amides is 2. The van der Waals surface area contributed by atoms with Crippen LogP contribution in [0.5, 0.6) is 5.75 Å². The molecule has 2 amide bonds. The van der Waals surface area contributed by atoms with E-state index in [4.69, 9.17) is 4.74 Å². The summed E-state index contributed by atoms with van der Waals surface area (Å²) in [4.78, 5) is 23.7. The predicted octanol–water partition coefficient (Wildman–Crippen LogP) is 2.08. The first kappa shape index (κ1) is 16.9. The van der Waals surface area contributed by atoms with Crippen LogP contribution in [0.3, 0.4) is 0 Å². The fourth-order valence-corrected chi connectivity index (χ4v) is 4.31. The summed E-state index contributed by atoms with van der Waals surface area (Å²) in [5.41, 5.74) is 0.825. The Hall–Kier alpha value is -2.28. The van der Waals surface area contributed by atoms with Crippen LogP contribution in [0.1, 0.15) is 25.7 Å². The van der Waals surface area contributed by atoms with Crippen LogP contribution in [0.25, 0.3) is 5.65 Å². The van der Waals surface area contributed by atoms with Gasteiger partial charge in [-0.1, -0.05) is 6.42 Å². The van der Waals surface area contributed by atoms with E-state index in [2.05, 4.69) is 9.88 Å². The highest BCUT2D eigenvalue weighted by Crippen LogP contribution is 2.26. The monoisotopic (exact) mass is 369 g/mol. The van der Waals surface area contributed by atoms with Gasteiger partial charge in [-0.2, -0.15) is 0 Å². The SMILES string of the molecule is O=C(N1CCCN(C2CCC2)CC1)N1CC(Oc2cccn3ccnc23)C1. The minimum atomic E-state index is 0.0512. The minimum absolute atomic E-state index is 0.0512. The van der Waals surface area contributed by atoms with Crippen molar-refractivity contribution in [1.29, 1.82) is 0 Å². The third kappa shape index (κ3) is 3.25. The molecule has 2 aromatic rings. The number of hydrogen-bond acceptors (Lipinski definition) is 4. The van der Waals surface area contributed by atoms with E-state index < -0.39 is 0 Å². The van der Waals surface area contributed by atoms with Crippen molar-refractivity contribution in [3.8, 4) is 5.75 Å². The number of ether oxygens (including phenoxy) is 1. The molecule has 0 aromatic carbocycles. The Morgan fingerprint density at radius 1 is 1.04 bits per heavy atom. The number of hydrogen-bond donors (Lipinski definition) is 0. The molecule has 1 saturated carbocycles. The maximum absolute atomic E-state index is 12.8. The standard InChI is InChI=1S/C20H27N5O2/c26-20(24-10-3-9-22(12-13-24)16-4-1-5-16)25-14-17(15-25)27-18-6-2-8-23-11-7-21-19(18)23/h2,6-8,11,16-17H,1,3-5,9-10,12-15H2. The van der Waals surface area contributed by atoms with E-state index in [1.165, 1.54) is 19.3 Å². The number of rotatable bonds is 3. The third-order valence-corrected chi connectivity index (χ3v) is 6.19. The lowest BCUT2D eigenvalue weighted by Crippen LogP contribution is -2.60. The molecule has 27 heavy (non-hydrogen) atoms. The average Bonchev–Trinajstić information content (AvgIpc) is 2.95. The van der Waals surface area contributed by atoms with Crippen molar-refractivity contribution in [3.63, 3.8) is 0 Å². The van der Waals surface area contributed by atoms with Gasteiger partial charge >= 0.3 is 6.03 Å². The number of carbonyl (C=O) groups excluding carboxylic acids is 1. The summed E-state index contributed by atoms with van der Waals surface area (Å²) >= 11 is 0. The first-order valence-electron chi connectivity index (χ1n) is 10.1. The van der Waals surface area contributed by atoms with E-state index in [1.54, 1.807) is 6.20 Å². The van der Waals surface area contributed by atoms with Crippen molar-refractivity contribution < 1.29 is 9.53 Å².